The third-order valence-electron chi connectivity index (χ3n) is 2.48. The Morgan fingerprint density at radius 3 is 2.55 bits per heavy atom. The SMILES string of the molecule is CCN(C)C(=O)COc1c(Cl)cc(Br)cc1S(=O)(=O)Cl. The van der Waals surface area contributed by atoms with E-state index in [1.54, 1.807) is 14.0 Å². The van der Waals surface area contributed by atoms with Crippen molar-refractivity contribution in [3.05, 3.63) is 21.6 Å². The van der Waals surface area contributed by atoms with Gasteiger partial charge in [-0.1, -0.05) is 27.5 Å². The van der Waals surface area contributed by atoms with Crippen molar-refractivity contribution in [1.82, 2.24) is 4.90 Å². The van der Waals surface area contributed by atoms with Gasteiger partial charge in [0, 0.05) is 28.7 Å². The number of carbonyl (C=O) groups excluding carboxylic acids is 1. The smallest absolute Gasteiger partial charge is 0.265 e. The van der Waals surface area contributed by atoms with Gasteiger partial charge >= 0.3 is 0 Å². The van der Waals surface area contributed by atoms with Gasteiger partial charge in [0.1, 0.15) is 4.90 Å². The number of benzene rings is 1. The van der Waals surface area contributed by atoms with Crippen molar-refractivity contribution in [2.24, 2.45) is 0 Å². The van der Waals surface area contributed by atoms with Crippen molar-refractivity contribution in [2.45, 2.75) is 11.8 Å². The van der Waals surface area contributed by atoms with E-state index < -0.39 is 9.05 Å². The number of hydrogen-bond donors (Lipinski definition) is 0. The summed E-state index contributed by atoms with van der Waals surface area (Å²) in [6.45, 7) is 1.99. The third-order valence-corrected chi connectivity index (χ3v) is 4.54. The minimum atomic E-state index is -4.04. The lowest BCUT2D eigenvalue weighted by atomic mass is 10.3. The number of hydrogen-bond acceptors (Lipinski definition) is 4. The second kappa shape index (κ2) is 6.98. The van der Waals surface area contributed by atoms with Crippen LogP contribution in [0.15, 0.2) is 21.5 Å². The molecule has 0 bridgehead atoms. The molecule has 0 N–H and O–H groups in total. The number of rotatable bonds is 5. The molecular formula is C11H12BrCl2NO4S. The van der Waals surface area contributed by atoms with Crippen LogP contribution >= 0.6 is 38.2 Å². The summed E-state index contributed by atoms with van der Waals surface area (Å²) in [7, 11) is 2.89. The Morgan fingerprint density at radius 1 is 1.45 bits per heavy atom. The maximum Gasteiger partial charge on any atom is 0.265 e. The van der Waals surface area contributed by atoms with Gasteiger partial charge in [-0.05, 0) is 19.1 Å². The third kappa shape index (κ3) is 4.51. The summed E-state index contributed by atoms with van der Waals surface area (Å²) in [5.41, 5.74) is 0. The lowest BCUT2D eigenvalue weighted by Gasteiger charge is -2.16. The molecule has 0 saturated carbocycles. The molecule has 1 aromatic carbocycles. The van der Waals surface area contributed by atoms with Gasteiger partial charge in [-0.2, -0.15) is 0 Å². The van der Waals surface area contributed by atoms with Gasteiger partial charge < -0.3 is 9.64 Å². The number of amides is 1. The minimum Gasteiger partial charge on any atom is -0.481 e. The van der Waals surface area contributed by atoms with E-state index >= 15 is 0 Å². The summed E-state index contributed by atoms with van der Waals surface area (Å²) < 4.78 is 28.7. The Hall–Kier alpha value is -0.500. The summed E-state index contributed by atoms with van der Waals surface area (Å²) in [6, 6.07) is 2.72. The van der Waals surface area contributed by atoms with Crippen molar-refractivity contribution in [1.29, 1.82) is 0 Å². The average molecular weight is 405 g/mol. The first-order valence-corrected chi connectivity index (χ1v) is 8.95. The first-order valence-electron chi connectivity index (χ1n) is 5.47. The molecule has 5 nitrogen and oxygen atoms in total. The highest BCUT2D eigenvalue weighted by atomic mass is 79.9. The lowest BCUT2D eigenvalue weighted by molar-refractivity contribution is -0.131. The van der Waals surface area contributed by atoms with E-state index in [2.05, 4.69) is 15.9 Å². The van der Waals surface area contributed by atoms with E-state index in [4.69, 9.17) is 27.0 Å². The predicted molar refractivity (Wildman–Crippen MR) is 81.0 cm³/mol. The number of likely N-dealkylation sites (N-methyl/N-ethyl adjacent to an activating group) is 1. The predicted octanol–water partition coefficient (Wildman–Crippen LogP) is 2.89. The van der Waals surface area contributed by atoms with Gasteiger partial charge in [-0.15, -0.1) is 0 Å². The van der Waals surface area contributed by atoms with Crippen LogP contribution in [0.3, 0.4) is 0 Å². The fraction of sp³-hybridized carbons (Fsp3) is 0.364. The molecule has 0 aliphatic rings. The van der Waals surface area contributed by atoms with Gasteiger partial charge in [0.25, 0.3) is 15.0 Å². The van der Waals surface area contributed by atoms with Crippen LogP contribution in [-0.2, 0) is 13.8 Å². The minimum absolute atomic E-state index is 0.0468. The zero-order valence-electron chi connectivity index (χ0n) is 10.7. The zero-order valence-corrected chi connectivity index (χ0v) is 14.6. The van der Waals surface area contributed by atoms with E-state index in [9.17, 15) is 13.2 Å². The quantitative estimate of drug-likeness (QED) is 0.707. The molecule has 1 aromatic rings. The molecule has 1 rings (SSSR count). The topological polar surface area (TPSA) is 63.7 Å². The van der Waals surface area contributed by atoms with Crippen molar-refractivity contribution in [2.75, 3.05) is 20.2 Å². The van der Waals surface area contributed by atoms with Gasteiger partial charge in [-0.25, -0.2) is 8.42 Å². The monoisotopic (exact) mass is 403 g/mol. The molecule has 0 saturated heterocycles. The Bertz CT molecular complexity index is 621. The van der Waals surface area contributed by atoms with E-state index in [-0.39, 0.29) is 28.2 Å². The molecular weight excluding hydrogens is 393 g/mol. The lowest BCUT2D eigenvalue weighted by Crippen LogP contribution is -2.31. The van der Waals surface area contributed by atoms with Crippen molar-refractivity contribution in [3.8, 4) is 5.75 Å². The maximum atomic E-state index is 11.7. The van der Waals surface area contributed by atoms with Gasteiger partial charge in [0.15, 0.2) is 12.4 Å². The zero-order chi connectivity index (χ0) is 15.5. The number of nitrogens with zero attached hydrogens (tertiary/aromatic N) is 1. The van der Waals surface area contributed by atoms with Crippen molar-refractivity contribution >= 4 is 53.2 Å². The summed E-state index contributed by atoms with van der Waals surface area (Å²) >= 11 is 9.05. The van der Waals surface area contributed by atoms with E-state index in [0.29, 0.717) is 11.0 Å². The second-order valence-electron chi connectivity index (χ2n) is 3.85. The van der Waals surface area contributed by atoms with Crippen LogP contribution < -0.4 is 4.74 Å². The molecule has 0 aliphatic heterocycles. The maximum absolute atomic E-state index is 11.7. The standard InChI is InChI=1S/C11H12BrCl2NO4S/c1-3-15(2)10(16)6-19-11-8(13)4-7(12)5-9(11)20(14,17)18/h4-5H,3,6H2,1-2H3. The van der Waals surface area contributed by atoms with Crippen LogP contribution in [0.1, 0.15) is 6.92 Å². The Kier molecular flexibility index (Phi) is 6.12. The van der Waals surface area contributed by atoms with Crippen molar-refractivity contribution in [3.63, 3.8) is 0 Å². The molecule has 0 aliphatic carbocycles. The molecule has 0 heterocycles. The first kappa shape index (κ1) is 17.6. The molecule has 0 spiro atoms. The second-order valence-corrected chi connectivity index (χ2v) is 7.71. The molecule has 0 aromatic heterocycles. The van der Waals surface area contributed by atoms with E-state index in [1.807, 2.05) is 0 Å². The molecule has 9 heteroatoms. The van der Waals surface area contributed by atoms with Crippen LogP contribution in [0.2, 0.25) is 5.02 Å². The van der Waals surface area contributed by atoms with E-state index in [0.717, 1.165) is 0 Å². The normalized spacial score (nSPS) is 11.2. The summed E-state index contributed by atoms with van der Waals surface area (Å²) in [5.74, 6) is -0.438. The van der Waals surface area contributed by atoms with Gasteiger partial charge in [0.05, 0.1) is 5.02 Å². The number of halogens is 3. The molecule has 0 unspecified atom stereocenters. The summed E-state index contributed by atoms with van der Waals surface area (Å²) in [5, 5.41) is 0.0468. The molecule has 0 fully saturated rings. The molecule has 20 heavy (non-hydrogen) atoms. The van der Waals surface area contributed by atoms with Crippen LogP contribution in [0.25, 0.3) is 0 Å². The van der Waals surface area contributed by atoms with Crippen LogP contribution in [-0.4, -0.2) is 39.4 Å². The van der Waals surface area contributed by atoms with Crippen LogP contribution in [0.5, 0.6) is 5.75 Å². The molecule has 0 radical (unpaired) electrons. The highest BCUT2D eigenvalue weighted by Gasteiger charge is 2.22. The van der Waals surface area contributed by atoms with Crippen LogP contribution in [0, 0.1) is 0 Å². The fourth-order valence-corrected chi connectivity index (χ4v) is 3.35. The van der Waals surface area contributed by atoms with Gasteiger partial charge in [0.2, 0.25) is 0 Å². The van der Waals surface area contributed by atoms with Crippen LogP contribution in [0.4, 0.5) is 0 Å². The summed E-state index contributed by atoms with van der Waals surface area (Å²) in [6.07, 6.45) is 0. The largest absolute Gasteiger partial charge is 0.481 e. The molecule has 112 valence electrons. The first-order chi connectivity index (χ1) is 9.16. The Labute approximate surface area is 135 Å². The Morgan fingerprint density at radius 2 is 2.05 bits per heavy atom. The molecule has 0 atom stereocenters. The highest BCUT2D eigenvalue weighted by Crippen LogP contribution is 2.37. The van der Waals surface area contributed by atoms with Gasteiger partial charge in [-0.3, -0.25) is 4.79 Å². The number of ether oxygens (including phenoxy) is 1. The fourth-order valence-electron chi connectivity index (χ4n) is 1.28. The average Bonchev–Trinajstić information content (AvgIpc) is 2.34. The Balaban J connectivity index is 3.09. The highest BCUT2D eigenvalue weighted by molar-refractivity contribution is 9.10. The number of carbonyl (C=O) groups is 1. The van der Waals surface area contributed by atoms with Crippen molar-refractivity contribution < 1.29 is 17.9 Å². The van der Waals surface area contributed by atoms with E-state index in [1.165, 1.54) is 17.0 Å². The summed E-state index contributed by atoms with van der Waals surface area (Å²) in [4.78, 5) is 12.8. The molecule has 1 amide bonds.